The van der Waals surface area contributed by atoms with Crippen LogP contribution in [0, 0.1) is 23.0 Å². The fourth-order valence-corrected chi connectivity index (χ4v) is 2.70. The molecule has 3 rings (SSSR count). The second-order valence-electron chi connectivity index (χ2n) is 6.46. The van der Waals surface area contributed by atoms with E-state index >= 15 is 0 Å². The van der Waals surface area contributed by atoms with Crippen molar-refractivity contribution in [2.45, 2.75) is 19.8 Å². The zero-order valence-electron chi connectivity index (χ0n) is 16.7. The van der Waals surface area contributed by atoms with Crippen LogP contribution in [0.4, 0.5) is 14.7 Å². The number of H-pyrrole nitrogens is 1. The third-order valence-electron chi connectivity index (χ3n) is 4.29. The number of benzene rings is 2. The van der Waals surface area contributed by atoms with Crippen molar-refractivity contribution in [3.63, 3.8) is 0 Å². The molecule has 0 bridgehead atoms. The summed E-state index contributed by atoms with van der Waals surface area (Å²) in [5, 5.41) is 13.1. The lowest BCUT2D eigenvalue weighted by atomic mass is 10.1. The van der Waals surface area contributed by atoms with E-state index in [4.69, 9.17) is 4.74 Å². The number of nitrogens with zero attached hydrogens (tertiary/aromatic N) is 3. The Morgan fingerprint density at radius 2 is 2.03 bits per heavy atom. The smallest absolute Gasteiger partial charge is 0.270 e. The lowest BCUT2D eigenvalue weighted by molar-refractivity contribution is 0.293. The van der Waals surface area contributed by atoms with Gasteiger partial charge in [-0.3, -0.25) is 9.78 Å². The first-order valence-electron chi connectivity index (χ1n) is 9.54. The van der Waals surface area contributed by atoms with Crippen molar-refractivity contribution < 1.29 is 13.5 Å². The van der Waals surface area contributed by atoms with E-state index in [-0.39, 0.29) is 23.0 Å². The Morgan fingerprint density at radius 1 is 1.26 bits per heavy atom. The van der Waals surface area contributed by atoms with Crippen LogP contribution < -0.4 is 15.7 Å². The molecule has 0 aliphatic carbocycles. The predicted molar refractivity (Wildman–Crippen MR) is 113 cm³/mol. The molecule has 0 atom stereocenters. The van der Waals surface area contributed by atoms with Gasteiger partial charge in [0.25, 0.3) is 5.56 Å². The van der Waals surface area contributed by atoms with Gasteiger partial charge in [-0.1, -0.05) is 43.7 Å². The van der Waals surface area contributed by atoms with Crippen LogP contribution in [0.1, 0.15) is 30.9 Å². The Hall–Kier alpha value is -4.06. The summed E-state index contributed by atoms with van der Waals surface area (Å²) in [7, 11) is 0. The van der Waals surface area contributed by atoms with Crippen LogP contribution in [0.2, 0.25) is 0 Å². The first-order chi connectivity index (χ1) is 15.0. The van der Waals surface area contributed by atoms with Crippen molar-refractivity contribution in [3.05, 3.63) is 75.6 Å². The van der Waals surface area contributed by atoms with Crippen LogP contribution in [0.3, 0.4) is 0 Å². The second kappa shape index (κ2) is 10.1. The predicted octanol–water partition coefficient (Wildman–Crippen LogP) is 4.21. The molecule has 0 spiro atoms. The van der Waals surface area contributed by atoms with Gasteiger partial charge in [0, 0.05) is 5.56 Å². The Balaban J connectivity index is 1.86. The van der Waals surface area contributed by atoms with E-state index in [1.165, 1.54) is 6.07 Å². The topological polar surface area (TPSA) is 103 Å². The number of hydrogen-bond donors (Lipinski definition) is 2. The fourth-order valence-electron chi connectivity index (χ4n) is 2.70. The first kappa shape index (κ1) is 21.6. The van der Waals surface area contributed by atoms with Crippen LogP contribution in [-0.2, 0) is 0 Å². The van der Waals surface area contributed by atoms with Crippen molar-refractivity contribution in [3.8, 4) is 23.1 Å². The summed E-state index contributed by atoms with van der Waals surface area (Å²) in [5.74, 6) is -1.87. The van der Waals surface area contributed by atoms with Crippen molar-refractivity contribution in [2.24, 2.45) is 5.10 Å². The van der Waals surface area contributed by atoms with Crippen molar-refractivity contribution in [1.82, 2.24) is 9.97 Å². The van der Waals surface area contributed by atoms with Gasteiger partial charge < -0.3 is 4.74 Å². The number of unbranched alkanes of at least 4 members (excludes halogenated alkanes) is 1. The highest BCUT2D eigenvalue weighted by atomic mass is 19.1. The van der Waals surface area contributed by atoms with Crippen LogP contribution in [0.15, 0.2) is 52.4 Å². The molecule has 2 aromatic carbocycles. The van der Waals surface area contributed by atoms with E-state index in [2.05, 4.69) is 20.5 Å². The van der Waals surface area contributed by atoms with Gasteiger partial charge in [0.2, 0.25) is 5.95 Å². The molecule has 1 heterocycles. The molecule has 0 fully saturated rings. The number of ether oxygens (including phenoxy) is 1. The third kappa shape index (κ3) is 5.11. The third-order valence-corrected chi connectivity index (χ3v) is 4.29. The molecule has 0 unspecified atom stereocenters. The van der Waals surface area contributed by atoms with Gasteiger partial charge in [-0.05, 0) is 18.6 Å². The number of rotatable bonds is 8. The molecular formula is C22H19F2N5O2. The molecule has 31 heavy (non-hydrogen) atoms. The summed E-state index contributed by atoms with van der Waals surface area (Å²) in [5.41, 5.74) is 1.93. The molecule has 0 aliphatic rings. The Morgan fingerprint density at radius 3 is 2.74 bits per heavy atom. The normalized spacial score (nSPS) is 10.8. The molecule has 0 saturated heterocycles. The summed E-state index contributed by atoms with van der Waals surface area (Å²) in [6.45, 7) is 2.28. The SMILES string of the molecule is CCCCOc1ccc(F)c(C=NNc2nc(-c3ccccc3)c(C#N)c(=O)[nH]2)c1F. The van der Waals surface area contributed by atoms with Crippen LogP contribution >= 0.6 is 0 Å². The minimum atomic E-state index is -0.882. The Labute approximate surface area is 177 Å². The number of nitrogens with one attached hydrogen (secondary N) is 2. The van der Waals surface area contributed by atoms with E-state index in [0.717, 1.165) is 25.1 Å². The minimum absolute atomic E-state index is 0.0763. The Bertz CT molecular complexity index is 1190. The molecule has 3 aromatic rings. The van der Waals surface area contributed by atoms with Gasteiger partial charge in [-0.2, -0.15) is 10.4 Å². The molecule has 0 aliphatic heterocycles. The van der Waals surface area contributed by atoms with Gasteiger partial charge in [-0.15, -0.1) is 0 Å². The summed E-state index contributed by atoms with van der Waals surface area (Å²) >= 11 is 0. The maximum Gasteiger partial charge on any atom is 0.270 e. The van der Waals surface area contributed by atoms with Crippen LogP contribution in [0.5, 0.6) is 5.75 Å². The van der Waals surface area contributed by atoms with E-state index < -0.39 is 22.8 Å². The van der Waals surface area contributed by atoms with E-state index in [0.29, 0.717) is 12.2 Å². The molecule has 1 aromatic heterocycles. The van der Waals surface area contributed by atoms with Gasteiger partial charge >= 0.3 is 0 Å². The molecule has 158 valence electrons. The summed E-state index contributed by atoms with van der Waals surface area (Å²) < 4.78 is 33.9. The largest absolute Gasteiger partial charge is 0.490 e. The van der Waals surface area contributed by atoms with Gasteiger partial charge in [0.15, 0.2) is 11.6 Å². The number of halogens is 2. The quantitative estimate of drug-likeness (QED) is 0.321. The van der Waals surface area contributed by atoms with Gasteiger partial charge in [0.1, 0.15) is 17.4 Å². The van der Waals surface area contributed by atoms with Crippen LogP contribution in [-0.4, -0.2) is 22.8 Å². The lowest BCUT2D eigenvalue weighted by Crippen LogP contribution is -2.16. The standard InChI is InChI=1S/C22H19F2N5O2/c1-2-3-11-31-18-10-9-17(23)16(19(18)24)13-26-29-22-27-20(14-7-5-4-6-8-14)15(12-25)21(30)28-22/h4-10,13H,2-3,11H2,1H3,(H2,27,28,29,30). The zero-order valence-corrected chi connectivity index (χ0v) is 16.7. The van der Waals surface area contributed by atoms with Gasteiger partial charge in [-0.25, -0.2) is 19.2 Å². The van der Waals surface area contributed by atoms with E-state index in [9.17, 15) is 18.8 Å². The maximum absolute atomic E-state index is 14.5. The fraction of sp³-hybridized carbons (Fsp3) is 0.182. The number of hydrazone groups is 1. The molecule has 9 heteroatoms. The van der Waals surface area contributed by atoms with Crippen molar-refractivity contribution >= 4 is 12.2 Å². The number of nitriles is 1. The summed E-state index contributed by atoms with van der Waals surface area (Å²) in [6.07, 6.45) is 2.54. The number of aromatic amines is 1. The van der Waals surface area contributed by atoms with Crippen LogP contribution in [0.25, 0.3) is 11.3 Å². The molecule has 2 N–H and O–H groups in total. The molecule has 0 amide bonds. The van der Waals surface area contributed by atoms with Gasteiger partial charge in [0.05, 0.1) is 24.1 Å². The summed E-state index contributed by atoms with van der Waals surface area (Å²) in [6, 6.07) is 12.8. The summed E-state index contributed by atoms with van der Waals surface area (Å²) in [4.78, 5) is 18.8. The number of aromatic nitrogens is 2. The Kier molecular flexibility index (Phi) is 7.06. The van der Waals surface area contributed by atoms with E-state index in [1.54, 1.807) is 30.3 Å². The first-order valence-corrected chi connectivity index (χ1v) is 9.54. The molecular weight excluding hydrogens is 404 g/mol. The highest BCUT2D eigenvalue weighted by molar-refractivity contribution is 5.81. The maximum atomic E-state index is 14.5. The highest BCUT2D eigenvalue weighted by Gasteiger charge is 2.15. The lowest BCUT2D eigenvalue weighted by Gasteiger charge is -2.09. The second-order valence-corrected chi connectivity index (χ2v) is 6.46. The highest BCUT2D eigenvalue weighted by Crippen LogP contribution is 2.23. The molecule has 0 radical (unpaired) electrons. The number of hydrogen-bond acceptors (Lipinski definition) is 6. The van der Waals surface area contributed by atoms with Crippen molar-refractivity contribution in [1.29, 1.82) is 5.26 Å². The van der Waals surface area contributed by atoms with Crippen molar-refractivity contribution in [2.75, 3.05) is 12.0 Å². The zero-order chi connectivity index (χ0) is 22.2. The minimum Gasteiger partial charge on any atom is -0.490 e. The average molecular weight is 423 g/mol. The monoisotopic (exact) mass is 423 g/mol. The molecule has 7 nitrogen and oxygen atoms in total. The van der Waals surface area contributed by atoms with E-state index in [1.807, 2.05) is 13.0 Å². The number of anilines is 1. The average Bonchev–Trinajstić information content (AvgIpc) is 2.78. The molecule has 0 saturated carbocycles.